The van der Waals surface area contributed by atoms with Crippen molar-refractivity contribution in [1.82, 2.24) is 10.2 Å². The Balaban J connectivity index is 1.68. The lowest BCUT2D eigenvalue weighted by Gasteiger charge is -2.33. The van der Waals surface area contributed by atoms with Gasteiger partial charge in [-0.05, 0) is 48.1 Å². The summed E-state index contributed by atoms with van der Waals surface area (Å²) in [5.74, 6) is -0.198. The topological polar surface area (TPSA) is 49.4 Å². The Bertz CT molecular complexity index is 883. The number of hydrogen-bond donors (Lipinski definition) is 1. The van der Waals surface area contributed by atoms with Crippen LogP contribution in [0.3, 0.4) is 0 Å². The largest absolute Gasteiger partial charge is 0.325 e. The van der Waals surface area contributed by atoms with E-state index < -0.39 is 5.54 Å². The van der Waals surface area contributed by atoms with Crippen LogP contribution in [0.1, 0.15) is 29.5 Å². The molecule has 1 saturated heterocycles. The Morgan fingerprint density at radius 1 is 1.08 bits per heavy atom. The predicted octanol–water partition coefficient (Wildman–Crippen LogP) is 4.28. The van der Waals surface area contributed by atoms with Crippen LogP contribution >= 0.6 is 23.2 Å². The van der Waals surface area contributed by atoms with E-state index >= 15 is 0 Å². The molecular weight excluding hydrogens is 359 g/mol. The first-order valence-electron chi connectivity index (χ1n) is 8.18. The SMILES string of the molecule is O=C1N[C@]2(CCCc3ccccc32)C(=O)N1Cc1ccc(Cl)c(Cl)c1. The summed E-state index contributed by atoms with van der Waals surface area (Å²) in [5.41, 5.74) is 1.86. The Morgan fingerprint density at radius 2 is 1.88 bits per heavy atom. The maximum Gasteiger partial charge on any atom is 0.325 e. The van der Waals surface area contributed by atoms with Crippen LogP contribution in [0, 0.1) is 0 Å². The molecule has 1 fully saturated rings. The summed E-state index contributed by atoms with van der Waals surface area (Å²) >= 11 is 12.0. The summed E-state index contributed by atoms with van der Waals surface area (Å²) < 4.78 is 0. The van der Waals surface area contributed by atoms with Crippen LogP contribution in [-0.2, 0) is 23.3 Å². The van der Waals surface area contributed by atoms with Gasteiger partial charge in [0.1, 0.15) is 5.54 Å². The van der Waals surface area contributed by atoms with Crippen LogP contribution in [0.5, 0.6) is 0 Å². The summed E-state index contributed by atoms with van der Waals surface area (Å²) in [4.78, 5) is 27.0. The molecule has 1 heterocycles. The second-order valence-corrected chi connectivity index (χ2v) is 7.30. The van der Waals surface area contributed by atoms with Gasteiger partial charge in [-0.1, -0.05) is 53.5 Å². The van der Waals surface area contributed by atoms with Gasteiger partial charge in [0.05, 0.1) is 16.6 Å². The van der Waals surface area contributed by atoms with Crippen molar-refractivity contribution in [3.63, 3.8) is 0 Å². The van der Waals surface area contributed by atoms with Crippen LogP contribution in [0.2, 0.25) is 10.0 Å². The van der Waals surface area contributed by atoms with E-state index in [1.165, 1.54) is 4.90 Å². The number of aryl methyl sites for hydroxylation is 1. The van der Waals surface area contributed by atoms with E-state index in [4.69, 9.17) is 23.2 Å². The molecule has 1 aliphatic carbocycles. The molecule has 0 radical (unpaired) electrons. The summed E-state index contributed by atoms with van der Waals surface area (Å²) in [5, 5.41) is 3.80. The number of fused-ring (bicyclic) bond motifs is 2. The van der Waals surface area contributed by atoms with E-state index in [-0.39, 0.29) is 18.5 Å². The third kappa shape index (κ3) is 2.60. The second kappa shape index (κ2) is 6.04. The van der Waals surface area contributed by atoms with Gasteiger partial charge in [-0.25, -0.2) is 4.79 Å². The van der Waals surface area contributed by atoms with E-state index in [1.807, 2.05) is 24.3 Å². The van der Waals surface area contributed by atoms with Crippen molar-refractivity contribution in [2.24, 2.45) is 0 Å². The molecule has 1 spiro atoms. The molecule has 0 unspecified atom stereocenters. The summed E-state index contributed by atoms with van der Waals surface area (Å²) in [6.45, 7) is 0.172. The number of nitrogens with one attached hydrogen (secondary N) is 1. The number of amides is 3. The molecule has 6 heteroatoms. The van der Waals surface area contributed by atoms with Crippen molar-refractivity contribution in [2.45, 2.75) is 31.3 Å². The number of benzene rings is 2. The minimum Gasteiger partial charge on any atom is -0.319 e. The molecule has 2 aromatic rings. The highest BCUT2D eigenvalue weighted by molar-refractivity contribution is 6.42. The quantitative estimate of drug-likeness (QED) is 0.797. The maximum atomic E-state index is 13.2. The fraction of sp³-hybridized carbons (Fsp3) is 0.263. The van der Waals surface area contributed by atoms with Gasteiger partial charge in [-0.2, -0.15) is 0 Å². The number of imide groups is 1. The molecule has 0 saturated carbocycles. The fourth-order valence-electron chi connectivity index (χ4n) is 3.78. The van der Waals surface area contributed by atoms with E-state index in [0.717, 1.165) is 29.5 Å². The van der Waals surface area contributed by atoms with Gasteiger partial charge in [0.15, 0.2) is 0 Å². The molecular formula is C19H16Cl2N2O2. The van der Waals surface area contributed by atoms with Crippen molar-refractivity contribution >= 4 is 35.1 Å². The van der Waals surface area contributed by atoms with Crippen LogP contribution in [0.4, 0.5) is 4.79 Å². The zero-order valence-corrected chi connectivity index (χ0v) is 14.9. The summed E-state index contributed by atoms with van der Waals surface area (Å²) in [6, 6.07) is 12.6. The van der Waals surface area contributed by atoms with Gasteiger partial charge >= 0.3 is 6.03 Å². The standard InChI is InChI=1S/C19H16Cl2N2O2/c20-15-8-7-12(10-16(15)21)11-23-17(24)19(22-18(23)25)9-3-5-13-4-1-2-6-14(13)19/h1-2,4,6-8,10H,3,5,9,11H2,(H,22,25)/t19-/m0/s1. The third-order valence-electron chi connectivity index (χ3n) is 4.98. The number of hydrogen-bond acceptors (Lipinski definition) is 2. The minimum atomic E-state index is -0.942. The smallest absolute Gasteiger partial charge is 0.319 e. The number of rotatable bonds is 2. The van der Waals surface area contributed by atoms with Crippen LogP contribution in [0.25, 0.3) is 0 Å². The zero-order valence-electron chi connectivity index (χ0n) is 13.4. The number of urea groups is 1. The highest BCUT2D eigenvalue weighted by Gasteiger charge is 2.53. The van der Waals surface area contributed by atoms with Crippen molar-refractivity contribution in [1.29, 1.82) is 0 Å². The Labute approximate surface area is 155 Å². The average Bonchev–Trinajstić information content (AvgIpc) is 2.83. The van der Waals surface area contributed by atoms with E-state index in [9.17, 15) is 9.59 Å². The Kier molecular flexibility index (Phi) is 3.97. The first-order chi connectivity index (χ1) is 12.0. The number of nitrogens with zero attached hydrogens (tertiary/aromatic N) is 1. The first kappa shape index (κ1) is 16.4. The van der Waals surface area contributed by atoms with Crippen molar-refractivity contribution in [3.8, 4) is 0 Å². The highest BCUT2D eigenvalue weighted by Crippen LogP contribution is 2.40. The Hall–Kier alpha value is -2.04. The number of carbonyl (C=O) groups excluding carboxylic acids is 2. The maximum absolute atomic E-state index is 13.2. The Morgan fingerprint density at radius 3 is 2.68 bits per heavy atom. The molecule has 3 amide bonds. The van der Waals surface area contributed by atoms with Crippen LogP contribution in [-0.4, -0.2) is 16.8 Å². The van der Waals surface area contributed by atoms with Gasteiger partial charge in [0.2, 0.25) is 0 Å². The summed E-state index contributed by atoms with van der Waals surface area (Å²) in [6.07, 6.45) is 2.41. The van der Waals surface area contributed by atoms with Gasteiger partial charge in [-0.3, -0.25) is 9.69 Å². The van der Waals surface area contributed by atoms with Gasteiger partial charge in [0, 0.05) is 0 Å². The molecule has 0 aromatic heterocycles. The molecule has 1 N–H and O–H groups in total. The lowest BCUT2D eigenvalue weighted by molar-refractivity contribution is -0.132. The highest BCUT2D eigenvalue weighted by atomic mass is 35.5. The third-order valence-corrected chi connectivity index (χ3v) is 5.71. The lowest BCUT2D eigenvalue weighted by atomic mass is 9.76. The molecule has 1 atom stereocenters. The van der Waals surface area contributed by atoms with E-state index in [0.29, 0.717) is 16.5 Å². The lowest BCUT2D eigenvalue weighted by Crippen LogP contribution is -2.46. The van der Waals surface area contributed by atoms with Gasteiger partial charge < -0.3 is 5.32 Å². The van der Waals surface area contributed by atoms with Gasteiger partial charge in [-0.15, -0.1) is 0 Å². The van der Waals surface area contributed by atoms with Crippen molar-refractivity contribution in [2.75, 3.05) is 0 Å². The van der Waals surface area contributed by atoms with E-state index in [2.05, 4.69) is 5.32 Å². The van der Waals surface area contributed by atoms with Gasteiger partial charge in [0.25, 0.3) is 5.91 Å². The molecule has 4 nitrogen and oxygen atoms in total. The molecule has 2 aromatic carbocycles. The van der Waals surface area contributed by atoms with Crippen molar-refractivity contribution in [3.05, 3.63) is 69.2 Å². The van der Waals surface area contributed by atoms with Crippen molar-refractivity contribution < 1.29 is 9.59 Å². The second-order valence-electron chi connectivity index (χ2n) is 6.49. The molecule has 25 heavy (non-hydrogen) atoms. The molecule has 4 rings (SSSR count). The normalized spacial score (nSPS) is 22.2. The monoisotopic (exact) mass is 374 g/mol. The first-order valence-corrected chi connectivity index (χ1v) is 8.93. The number of carbonyl (C=O) groups is 2. The zero-order chi connectivity index (χ0) is 17.6. The van der Waals surface area contributed by atoms with E-state index in [1.54, 1.807) is 18.2 Å². The predicted molar refractivity (Wildman–Crippen MR) is 96.6 cm³/mol. The average molecular weight is 375 g/mol. The van der Waals surface area contributed by atoms with Crippen LogP contribution < -0.4 is 5.32 Å². The summed E-state index contributed by atoms with van der Waals surface area (Å²) in [7, 11) is 0. The molecule has 128 valence electrons. The molecule has 1 aliphatic heterocycles. The van der Waals surface area contributed by atoms with Crippen LogP contribution in [0.15, 0.2) is 42.5 Å². The molecule has 0 bridgehead atoms. The fourth-order valence-corrected chi connectivity index (χ4v) is 4.10. The molecule has 2 aliphatic rings. The minimum absolute atomic E-state index is 0.172. The number of halogens is 2.